The molecule has 0 bridgehead atoms. The van der Waals surface area contributed by atoms with Crippen LogP contribution in [0.2, 0.25) is 0 Å². The van der Waals surface area contributed by atoms with Crippen molar-refractivity contribution in [3.63, 3.8) is 0 Å². The van der Waals surface area contributed by atoms with Crippen LogP contribution in [0.15, 0.2) is 29.2 Å². The molecular formula is C20H30N2O4S. The van der Waals surface area contributed by atoms with Gasteiger partial charge in [0.1, 0.15) is 0 Å². The fraction of sp³-hybridized carbons (Fsp3) is 0.650. The normalized spacial score (nSPS) is 30.3. The molecule has 0 saturated carbocycles. The second kappa shape index (κ2) is 7.89. The molecule has 2 aliphatic heterocycles. The first-order valence-electron chi connectivity index (χ1n) is 9.71. The maximum absolute atomic E-state index is 13.1. The number of hydrogen-bond donors (Lipinski definition) is 0. The summed E-state index contributed by atoms with van der Waals surface area (Å²) in [6.45, 7) is 10.1. The van der Waals surface area contributed by atoms with Gasteiger partial charge in [-0.25, -0.2) is 8.42 Å². The molecule has 6 nitrogen and oxygen atoms in total. The van der Waals surface area contributed by atoms with Crippen molar-refractivity contribution in [2.45, 2.75) is 51.2 Å². The highest BCUT2D eigenvalue weighted by molar-refractivity contribution is 7.89. The predicted octanol–water partition coefficient (Wildman–Crippen LogP) is 2.60. The number of benzene rings is 1. The van der Waals surface area contributed by atoms with Gasteiger partial charge in [0.05, 0.1) is 17.1 Å². The van der Waals surface area contributed by atoms with Crippen LogP contribution in [-0.4, -0.2) is 61.9 Å². The highest BCUT2D eigenvalue weighted by Gasteiger charge is 2.33. The molecule has 150 valence electrons. The highest BCUT2D eigenvalue weighted by atomic mass is 32.2. The average molecular weight is 395 g/mol. The Hall–Kier alpha value is -1.44. The fourth-order valence-electron chi connectivity index (χ4n) is 4.28. The Kier molecular flexibility index (Phi) is 5.93. The number of carbonyl (C=O) groups is 1. The van der Waals surface area contributed by atoms with Crippen LogP contribution in [0.1, 0.15) is 44.5 Å². The topological polar surface area (TPSA) is 66.9 Å². The molecule has 0 radical (unpaired) electrons. The minimum absolute atomic E-state index is 0.0887. The second-order valence-electron chi connectivity index (χ2n) is 8.26. The van der Waals surface area contributed by atoms with E-state index in [1.165, 1.54) is 10.4 Å². The molecule has 2 heterocycles. The summed E-state index contributed by atoms with van der Waals surface area (Å²) >= 11 is 0. The van der Waals surface area contributed by atoms with E-state index in [4.69, 9.17) is 4.74 Å². The van der Waals surface area contributed by atoms with Crippen molar-refractivity contribution in [3.05, 3.63) is 29.8 Å². The van der Waals surface area contributed by atoms with Crippen molar-refractivity contribution < 1.29 is 17.9 Å². The first kappa shape index (κ1) is 20.3. The second-order valence-corrected chi connectivity index (χ2v) is 10.2. The summed E-state index contributed by atoms with van der Waals surface area (Å²) < 4.78 is 33.3. The minimum Gasteiger partial charge on any atom is -0.373 e. The van der Waals surface area contributed by atoms with Crippen molar-refractivity contribution >= 4 is 15.9 Å². The molecule has 2 aliphatic rings. The van der Waals surface area contributed by atoms with E-state index in [9.17, 15) is 13.2 Å². The van der Waals surface area contributed by atoms with Gasteiger partial charge >= 0.3 is 0 Å². The van der Waals surface area contributed by atoms with Gasteiger partial charge in [0.2, 0.25) is 10.0 Å². The quantitative estimate of drug-likeness (QED) is 0.790. The Morgan fingerprint density at radius 2 is 1.59 bits per heavy atom. The van der Waals surface area contributed by atoms with Crippen LogP contribution in [0, 0.1) is 11.8 Å². The van der Waals surface area contributed by atoms with Gasteiger partial charge in [-0.1, -0.05) is 19.9 Å². The zero-order valence-electron chi connectivity index (χ0n) is 16.6. The van der Waals surface area contributed by atoms with Gasteiger partial charge < -0.3 is 9.64 Å². The van der Waals surface area contributed by atoms with Crippen LogP contribution in [0.5, 0.6) is 0 Å². The number of morpholine rings is 1. The van der Waals surface area contributed by atoms with Gasteiger partial charge in [-0.2, -0.15) is 4.31 Å². The van der Waals surface area contributed by atoms with E-state index in [0.29, 0.717) is 30.5 Å². The number of hydrogen-bond acceptors (Lipinski definition) is 4. The molecule has 0 aliphatic carbocycles. The van der Waals surface area contributed by atoms with Crippen molar-refractivity contribution in [3.8, 4) is 0 Å². The van der Waals surface area contributed by atoms with Gasteiger partial charge in [0.15, 0.2) is 0 Å². The highest BCUT2D eigenvalue weighted by Crippen LogP contribution is 2.25. The molecule has 27 heavy (non-hydrogen) atoms. The summed E-state index contributed by atoms with van der Waals surface area (Å²) in [5, 5.41) is 0. The van der Waals surface area contributed by atoms with E-state index in [1.807, 2.05) is 18.7 Å². The van der Waals surface area contributed by atoms with Crippen molar-refractivity contribution in [1.82, 2.24) is 9.21 Å². The van der Waals surface area contributed by atoms with Crippen LogP contribution in [-0.2, 0) is 14.8 Å². The zero-order valence-corrected chi connectivity index (χ0v) is 17.4. The van der Waals surface area contributed by atoms with E-state index in [1.54, 1.807) is 18.2 Å². The molecule has 4 unspecified atom stereocenters. The van der Waals surface area contributed by atoms with Gasteiger partial charge in [0, 0.05) is 31.7 Å². The predicted molar refractivity (Wildman–Crippen MR) is 104 cm³/mol. The number of likely N-dealkylation sites (tertiary alicyclic amines) is 1. The van der Waals surface area contributed by atoms with Crippen LogP contribution in [0.3, 0.4) is 0 Å². The lowest BCUT2D eigenvalue weighted by Crippen LogP contribution is -2.48. The zero-order chi connectivity index (χ0) is 19.8. The summed E-state index contributed by atoms with van der Waals surface area (Å²) in [4.78, 5) is 15.0. The van der Waals surface area contributed by atoms with Crippen LogP contribution in [0.4, 0.5) is 0 Å². The van der Waals surface area contributed by atoms with Crippen molar-refractivity contribution in [2.24, 2.45) is 11.8 Å². The lowest BCUT2D eigenvalue weighted by molar-refractivity contribution is -0.0440. The molecule has 2 fully saturated rings. The first-order chi connectivity index (χ1) is 12.7. The van der Waals surface area contributed by atoms with Gasteiger partial charge in [0.25, 0.3) is 5.91 Å². The summed E-state index contributed by atoms with van der Waals surface area (Å²) in [6, 6.07) is 6.45. The molecule has 0 spiro atoms. The largest absolute Gasteiger partial charge is 0.373 e. The van der Waals surface area contributed by atoms with Crippen molar-refractivity contribution in [2.75, 3.05) is 26.2 Å². The van der Waals surface area contributed by atoms with Gasteiger partial charge in [-0.15, -0.1) is 0 Å². The molecule has 1 aromatic carbocycles. The van der Waals surface area contributed by atoms with E-state index < -0.39 is 10.0 Å². The molecular weight excluding hydrogens is 364 g/mol. The molecule has 3 rings (SSSR count). The van der Waals surface area contributed by atoms with Crippen LogP contribution < -0.4 is 0 Å². The van der Waals surface area contributed by atoms with Crippen molar-refractivity contribution in [1.29, 1.82) is 0 Å². The Bertz CT molecular complexity index is 775. The Morgan fingerprint density at radius 1 is 1.00 bits per heavy atom. The molecule has 7 heteroatoms. The number of amides is 1. The lowest BCUT2D eigenvalue weighted by Gasteiger charge is -2.35. The number of piperidine rings is 1. The lowest BCUT2D eigenvalue weighted by atomic mass is 9.91. The first-order valence-corrected chi connectivity index (χ1v) is 11.2. The summed E-state index contributed by atoms with van der Waals surface area (Å²) in [5.74, 6) is 0.830. The SMILES string of the molecule is CC1CC(C)CN(C(=O)c2cccc(S(=O)(=O)N3CC(C)OC(C)C3)c2)C1. The van der Waals surface area contributed by atoms with Gasteiger partial charge in [-0.3, -0.25) is 4.79 Å². The number of carbonyl (C=O) groups excluding carboxylic acids is 1. The fourth-order valence-corrected chi connectivity index (χ4v) is 5.91. The molecule has 2 saturated heterocycles. The summed E-state index contributed by atoms with van der Waals surface area (Å²) in [5.41, 5.74) is 0.437. The number of ether oxygens (including phenoxy) is 1. The van der Waals surface area contributed by atoms with Gasteiger partial charge in [-0.05, 0) is 50.3 Å². The Balaban J connectivity index is 1.83. The minimum atomic E-state index is -3.65. The standard InChI is InChI=1S/C20H30N2O4S/c1-14-8-15(2)11-21(10-14)20(23)18-6-5-7-19(9-18)27(24,25)22-12-16(3)26-17(4)13-22/h5-7,9,14-17H,8,10-13H2,1-4H3. The Labute approximate surface area is 162 Å². The van der Waals surface area contributed by atoms with Crippen LogP contribution >= 0.6 is 0 Å². The van der Waals surface area contributed by atoms with E-state index in [0.717, 1.165) is 19.5 Å². The third kappa shape index (κ3) is 4.52. The summed E-state index contributed by atoms with van der Waals surface area (Å²) in [6.07, 6.45) is 0.820. The summed E-state index contributed by atoms with van der Waals surface area (Å²) in [7, 11) is -3.65. The smallest absolute Gasteiger partial charge is 0.253 e. The number of nitrogens with zero attached hydrogens (tertiary/aromatic N) is 2. The van der Waals surface area contributed by atoms with E-state index >= 15 is 0 Å². The average Bonchev–Trinajstić information content (AvgIpc) is 2.59. The number of sulfonamides is 1. The molecule has 4 atom stereocenters. The van der Waals surface area contributed by atoms with E-state index in [-0.39, 0.29) is 23.0 Å². The maximum Gasteiger partial charge on any atom is 0.253 e. The third-order valence-electron chi connectivity index (χ3n) is 5.26. The Morgan fingerprint density at radius 3 is 2.19 bits per heavy atom. The molecule has 0 aromatic heterocycles. The van der Waals surface area contributed by atoms with E-state index in [2.05, 4.69) is 13.8 Å². The maximum atomic E-state index is 13.1. The molecule has 0 N–H and O–H groups in total. The molecule has 1 amide bonds. The number of rotatable bonds is 3. The van der Waals surface area contributed by atoms with Crippen LogP contribution in [0.25, 0.3) is 0 Å². The monoisotopic (exact) mass is 394 g/mol. The molecule has 1 aromatic rings. The third-order valence-corrected chi connectivity index (χ3v) is 7.09.